The number of nitrogens with one attached hydrogen (secondary N) is 1. The van der Waals surface area contributed by atoms with Crippen molar-refractivity contribution < 1.29 is 9.59 Å². The maximum atomic E-state index is 13.8. The number of carbonyl (C=O) groups is 2. The molecule has 2 heterocycles. The van der Waals surface area contributed by atoms with Crippen LogP contribution in [0.1, 0.15) is 84.9 Å². The van der Waals surface area contributed by atoms with E-state index >= 15 is 0 Å². The number of nitriles is 1. The van der Waals surface area contributed by atoms with E-state index in [0.29, 0.717) is 24.1 Å². The fourth-order valence-corrected chi connectivity index (χ4v) is 5.73. The number of benzene rings is 2. The number of carbonyl (C=O) groups excluding carboxylic acids is 2. The lowest BCUT2D eigenvalue weighted by Gasteiger charge is -2.37. The van der Waals surface area contributed by atoms with Crippen molar-refractivity contribution in [3.63, 3.8) is 0 Å². The van der Waals surface area contributed by atoms with E-state index in [1.54, 1.807) is 29.2 Å². The summed E-state index contributed by atoms with van der Waals surface area (Å²) in [4.78, 5) is 33.8. The van der Waals surface area contributed by atoms with Crippen molar-refractivity contribution in [3.8, 4) is 6.07 Å². The van der Waals surface area contributed by atoms with Crippen LogP contribution in [0.4, 0.5) is 0 Å². The molecule has 3 unspecified atom stereocenters. The molecule has 208 valence electrons. The first-order chi connectivity index (χ1) is 19.1. The molecule has 2 aliphatic rings. The molecule has 1 aliphatic carbocycles. The van der Waals surface area contributed by atoms with Gasteiger partial charge in [0.05, 0.1) is 35.9 Å². The van der Waals surface area contributed by atoms with Gasteiger partial charge in [-0.25, -0.2) is 4.98 Å². The molecule has 1 aliphatic heterocycles. The number of hydrogen-bond donors (Lipinski definition) is 2. The molecular weight excluding hydrogens is 500 g/mol. The van der Waals surface area contributed by atoms with E-state index in [1.165, 1.54) is 5.56 Å². The van der Waals surface area contributed by atoms with Gasteiger partial charge in [-0.2, -0.15) is 5.26 Å². The van der Waals surface area contributed by atoms with Gasteiger partial charge in [-0.3, -0.25) is 9.59 Å². The number of fused-ring (bicyclic) bond motifs is 1. The zero-order chi connectivity index (χ0) is 28.4. The second kappa shape index (κ2) is 11.3. The summed E-state index contributed by atoms with van der Waals surface area (Å²) in [5.41, 5.74) is 11.5. The van der Waals surface area contributed by atoms with Crippen molar-refractivity contribution in [2.75, 3.05) is 0 Å². The van der Waals surface area contributed by atoms with Gasteiger partial charge in [0, 0.05) is 30.6 Å². The molecule has 40 heavy (non-hydrogen) atoms. The topological polar surface area (TPSA) is 117 Å². The van der Waals surface area contributed by atoms with Gasteiger partial charge in [0.25, 0.3) is 5.91 Å². The lowest BCUT2D eigenvalue weighted by atomic mass is 9.87. The number of rotatable bonds is 5. The van der Waals surface area contributed by atoms with E-state index in [4.69, 9.17) is 5.73 Å². The van der Waals surface area contributed by atoms with Gasteiger partial charge >= 0.3 is 0 Å². The van der Waals surface area contributed by atoms with E-state index in [2.05, 4.69) is 66.0 Å². The number of imidazole rings is 1. The lowest BCUT2D eigenvalue weighted by Crippen LogP contribution is -2.57. The number of hydrogen-bond acceptors (Lipinski definition) is 5. The third-order valence-corrected chi connectivity index (χ3v) is 8.26. The van der Waals surface area contributed by atoms with Crippen molar-refractivity contribution in [1.82, 2.24) is 19.8 Å². The standard InChI is InChI=1S/C32H38N6O2/c1-32(2,3)24-14-10-22(11-15-24)18-37-20-35-27-16-28(30(39)36-26-7-5-4-6-25(26)34)38(19-29(27)37)31(40)23-12-8-21(17-33)9-13-23/h8-15,20,25-26,28H,4-7,16,18-19,34H2,1-3H3,(H,36,39). The summed E-state index contributed by atoms with van der Waals surface area (Å²) in [7, 11) is 0. The molecule has 1 saturated carbocycles. The Morgan fingerprint density at radius 1 is 1.07 bits per heavy atom. The molecule has 3 atom stereocenters. The van der Waals surface area contributed by atoms with Crippen LogP contribution in [0.5, 0.6) is 0 Å². The highest BCUT2D eigenvalue weighted by atomic mass is 16.2. The highest BCUT2D eigenvalue weighted by Crippen LogP contribution is 2.27. The third kappa shape index (κ3) is 5.80. The van der Waals surface area contributed by atoms with Crippen LogP contribution >= 0.6 is 0 Å². The lowest BCUT2D eigenvalue weighted by molar-refractivity contribution is -0.127. The molecule has 1 aromatic heterocycles. The van der Waals surface area contributed by atoms with Crippen molar-refractivity contribution in [2.24, 2.45) is 5.73 Å². The minimum absolute atomic E-state index is 0.0795. The van der Waals surface area contributed by atoms with Crippen molar-refractivity contribution in [2.45, 2.75) is 89.5 Å². The molecule has 0 radical (unpaired) electrons. The molecule has 2 amide bonds. The molecular formula is C32H38N6O2. The van der Waals surface area contributed by atoms with Gasteiger partial charge in [-0.1, -0.05) is 57.9 Å². The average Bonchev–Trinajstić information content (AvgIpc) is 3.34. The quantitative estimate of drug-likeness (QED) is 0.508. The minimum Gasteiger partial charge on any atom is -0.350 e. The summed E-state index contributed by atoms with van der Waals surface area (Å²) in [6.45, 7) is 7.48. The van der Waals surface area contributed by atoms with Gasteiger partial charge in [-0.15, -0.1) is 0 Å². The van der Waals surface area contributed by atoms with Gasteiger partial charge < -0.3 is 20.5 Å². The molecule has 0 saturated heterocycles. The first-order valence-corrected chi connectivity index (χ1v) is 14.1. The Morgan fingerprint density at radius 2 is 1.77 bits per heavy atom. The van der Waals surface area contributed by atoms with E-state index < -0.39 is 6.04 Å². The molecule has 5 rings (SSSR count). The van der Waals surface area contributed by atoms with Gasteiger partial charge in [0.2, 0.25) is 5.91 Å². The largest absolute Gasteiger partial charge is 0.350 e. The Labute approximate surface area is 236 Å². The molecule has 0 bridgehead atoms. The fraction of sp³-hybridized carbons (Fsp3) is 0.438. The van der Waals surface area contributed by atoms with Gasteiger partial charge in [0.15, 0.2) is 0 Å². The predicted octanol–water partition coefficient (Wildman–Crippen LogP) is 4.05. The number of nitrogens with two attached hydrogens (primary N) is 1. The SMILES string of the molecule is CC(C)(C)c1ccc(Cn2cnc3c2CN(C(=O)c2ccc(C#N)cc2)C(C(=O)NC2CCCCC2N)C3)cc1. The number of aromatic nitrogens is 2. The fourth-order valence-electron chi connectivity index (χ4n) is 5.73. The first kappa shape index (κ1) is 27.6. The van der Waals surface area contributed by atoms with Gasteiger partial charge in [0.1, 0.15) is 6.04 Å². The summed E-state index contributed by atoms with van der Waals surface area (Å²) < 4.78 is 2.08. The van der Waals surface area contributed by atoms with E-state index in [0.717, 1.165) is 42.6 Å². The monoisotopic (exact) mass is 538 g/mol. The average molecular weight is 539 g/mol. The zero-order valence-corrected chi connectivity index (χ0v) is 23.6. The second-order valence-electron chi connectivity index (χ2n) is 12.1. The minimum atomic E-state index is -0.695. The summed E-state index contributed by atoms with van der Waals surface area (Å²) in [6.07, 6.45) is 5.97. The van der Waals surface area contributed by atoms with Crippen LogP contribution < -0.4 is 11.1 Å². The predicted molar refractivity (Wildman–Crippen MR) is 153 cm³/mol. The number of nitrogens with zero attached hydrogens (tertiary/aromatic N) is 4. The van der Waals surface area contributed by atoms with E-state index in [1.807, 2.05) is 6.33 Å². The normalized spacial score (nSPS) is 20.9. The molecule has 8 heteroatoms. The number of amides is 2. The van der Waals surface area contributed by atoms with Crippen LogP contribution in [0.2, 0.25) is 0 Å². The van der Waals surface area contributed by atoms with Crippen LogP contribution in [0, 0.1) is 11.3 Å². The highest BCUT2D eigenvalue weighted by Gasteiger charge is 2.38. The van der Waals surface area contributed by atoms with Crippen LogP contribution in [0.3, 0.4) is 0 Å². The first-order valence-electron chi connectivity index (χ1n) is 14.1. The van der Waals surface area contributed by atoms with Crippen LogP contribution in [-0.4, -0.2) is 44.4 Å². The maximum absolute atomic E-state index is 13.8. The Balaban J connectivity index is 1.42. The Bertz CT molecular complexity index is 1410. The summed E-state index contributed by atoms with van der Waals surface area (Å²) >= 11 is 0. The van der Waals surface area contributed by atoms with E-state index in [-0.39, 0.29) is 35.9 Å². The Kier molecular flexibility index (Phi) is 7.77. The molecule has 0 spiro atoms. The summed E-state index contributed by atoms with van der Waals surface area (Å²) in [6, 6.07) is 16.4. The Morgan fingerprint density at radius 3 is 2.42 bits per heavy atom. The van der Waals surface area contributed by atoms with Crippen LogP contribution in [-0.2, 0) is 29.7 Å². The summed E-state index contributed by atoms with van der Waals surface area (Å²) in [5.74, 6) is -0.437. The highest BCUT2D eigenvalue weighted by molar-refractivity contribution is 5.98. The molecule has 1 fully saturated rings. The third-order valence-electron chi connectivity index (χ3n) is 8.26. The zero-order valence-electron chi connectivity index (χ0n) is 23.6. The van der Waals surface area contributed by atoms with Crippen molar-refractivity contribution in [3.05, 3.63) is 88.5 Å². The summed E-state index contributed by atoms with van der Waals surface area (Å²) in [5, 5.41) is 12.3. The molecule has 2 aromatic carbocycles. The van der Waals surface area contributed by atoms with E-state index in [9.17, 15) is 14.9 Å². The van der Waals surface area contributed by atoms with Crippen molar-refractivity contribution in [1.29, 1.82) is 5.26 Å². The molecule has 3 aromatic rings. The smallest absolute Gasteiger partial charge is 0.254 e. The van der Waals surface area contributed by atoms with Crippen LogP contribution in [0.25, 0.3) is 0 Å². The van der Waals surface area contributed by atoms with Crippen LogP contribution in [0.15, 0.2) is 54.9 Å². The molecule has 8 nitrogen and oxygen atoms in total. The van der Waals surface area contributed by atoms with Crippen molar-refractivity contribution >= 4 is 11.8 Å². The molecule has 3 N–H and O–H groups in total. The maximum Gasteiger partial charge on any atom is 0.254 e. The second-order valence-corrected chi connectivity index (χ2v) is 12.1. The Hall–Kier alpha value is -3.96. The van der Waals surface area contributed by atoms with Gasteiger partial charge in [-0.05, 0) is 53.6 Å².